The fourth-order valence-corrected chi connectivity index (χ4v) is 2.80. The van der Waals surface area contributed by atoms with Crippen LogP contribution in [0.4, 0.5) is 0 Å². The standard InChI is InChI=1S/C14H21ClN2O/c1-10-4-3-5-11(2)17(10)16-9-12-8-13(15)6-7-14(12)18/h6-8,10-11,16,18H,3-5,9H2,1-2H3. The largest absolute Gasteiger partial charge is 0.508 e. The number of phenols is 1. The summed E-state index contributed by atoms with van der Waals surface area (Å²) in [5, 5.41) is 12.7. The van der Waals surface area contributed by atoms with Crippen LogP contribution in [0.1, 0.15) is 38.7 Å². The molecule has 3 nitrogen and oxygen atoms in total. The average Bonchev–Trinajstić information content (AvgIpc) is 2.33. The van der Waals surface area contributed by atoms with Crippen molar-refractivity contribution in [2.45, 2.75) is 51.7 Å². The molecule has 18 heavy (non-hydrogen) atoms. The zero-order valence-corrected chi connectivity index (χ0v) is 11.7. The average molecular weight is 269 g/mol. The monoisotopic (exact) mass is 268 g/mol. The van der Waals surface area contributed by atoms with E-state index in [0.29, 0.717) is 29.4 Å². The van der Waals surface area contributed by atoms with Crippen molar-refractivity contribution in [3.8, 4) is 5.75 Å². The van der Waals surface area contributed by atoms with Crippen LogP contribution in [0.25, 0.3) is 0 Å². The Balaban J connectivity index is 1.99. The lowest BCUT2D eigenvalue weighted by Crippen LogP contribution is -2.51. The van der Waals surface area contributed by atoms with Gasteiger partial charge in [0.25, 0.3) is 0 Å². The Bertz CT molecular complexity index is 401. The first-order chi connectivity index (χ1) is 8.58. The highest BCUT2D eigenvalue weighted by molar-refractivity contribution is 6.30. The van der Waals surface area contributed by atoms with E-state index in [1.165, 1.54) is 19.3 Å². The van der Waals surface area contributed by atoms with E-state index in [-0.39, 0.29) is 0 Å². The molecule has 1 aliphatic rings. The Hall–Kier alpha value is -0.770. The van der Waals surface area contributed by atoms with Crippen LogP contribution >= 0.6 is 11.6 Å². The number of piperidine rings is 1. The fraction of sp³-hybridized carbons (Fsp3) is 0.571. The maximum atomic E-state index is 9.78. The van der Waals surface area contributed by atoms with Gasteiger partial charge in [0.1, 0.15) is 5.75 Å². The van der Waals surface area contributed by atoms with Crippen molar-refractivity contribution in [1.82, 2.24) is 10.4 Å². The van der Waals surface area contributed by atoms with Crippen molar-refractivity contribution in [2.24, 2.45) is 0 Å². The van der Waals surface area contributed by atoms with Crippen LogP contribution in [0.3, 0.4) is 0 Å². The van der Waals surface area contributed by atoms with Crippen molar-refractivity contribution < 1.29 is 5.11 Å². The Morgan fingerprint density at radius 2 is 2.00 bits per heavy atom. The molecule has 0 amide bonds. The van der Waals surface area contributed by atoms with Gasteiger partial charge >= 0.3 is 0 Å². The number of nitrogens with one attached hydrogen (secondary N) is 1. The van der Waals surface area contributed by atoms with Crippen molar-refractivity contribution >= 4 is 11.6 Å². The highest BCUT2D eigenvalue weighted by Crippen LogP contribution is 2.23. The Kier molecular flexibility index (Phi) is 4.49. The molecule has 2 N–H and O–H groups in total. The quantitative estimate of drug-likeness (QED) is 0.883. The first-order valence-electron chi connectivity index (χ1n) is 6.57. The summed E-state index contributed by atoms with van der Waals surface area (Å²) in [5.41, 5.74) is 4.26. The van der Waals surface area contributed by atoms with Crippen LogP contribution < -0.4 is 5.43 Å². The van der Waals surface area contributed by atoms with Crippen LogP contribution in [-0.4, -0.2) is 22.2 Å². The molecule has 0 saturated carbocycles. The van der Waals surface area contributed by atoms with E-state index >= 15 is 0 Å². The second-order valence-corrected chi connectivity index (χ2v) is 5.58. The lowest BCUT2D eigenvalue weighted by molar-refractivity contribution is 0.0433. The number of hydrazine groups is 1. The van der Waals surface area contributed by atoms with E-state index in [1.807, 2.05) is 6.07 Å². The topological polar surface area (TPSA) is 35.5 Å². The summed E-state index contributed by atoms with van der Waals surface area (Å²) in [6.45, 7) is 5.09. The molecular weight excluding hydrogens is 248 g/mol. The van der Waals surface area contributed by atoms with Crippen molar-refractivity contribution in [3.63, 3.8) is 0 Å². The number of benzene rings is 1. The molecule has 100 valence electrons. The second kappa shape index (κ2) is 5.91. The van der Waals surface area contributed by atoms with Crippen LogP contribution in [0.2, 0.25) is 5.02 Å². The molecule has 1 heterocycles. The molecule has 2 atom stereocenters. The van der Waals surface area contributed by atoms with Gasteiger partial charge in [0.15, 0.2) is 0 Å². The van der Waals surface area contributed by atoms with E-state index in [4.69, 9.17) is 11.6 Å². The minimum absolute atomic E-state index is 0.296. The minimum Gasteiger partial charge on any atom is -0.508 e. The Morgan fingerprint density at radius 3 is 2.67 bits per heavy atom. The number of rotatable bonds is 3. The molecule has 0 aromatic heterocycles. The highest BCUT2D eigenvalue weighted by Gasteiger charge is 2.24. The smallest absolute Gasteiger partial charge is 0.120 e. The number of hydrogen-bond acceptors (Lipinski definition) is 3. The van der Waals surface area contributed by atoms with Gasteiger partial charge in [-0.3, -0.25) is 5.43 Å². The van der Waals surface area contributed by atoms with Crippen LogP contribution in [-0.2, 0) is 6.54 Å². The lowest BCUT2D eigenvalue weighted by Gasteiger charge is -2.39. The summed E-state index contributed by atoms with van der Waals surface area (Å²) < 4.78 is 0. The van der Waals surface area contributed by atoms with Gasteiger partial charge in [0, 0.05) is 29.2 Å². The highest BCUT2D eigenvalue weighted by atomic mass is 35.5. The first kappa shape index (κ1) is 13.7. The molecule has 4 heteroatoms. The number of hydrogen-bond donors (Lipinski definition) is 2. The maximum Gasteiger partial charge on any atom is 0.120 e. The van der Waals surface area contributed by atoms with Gasteiger partial charge in [0.2, 0.25) is 0 Å². The van der Waals surface area contributed by atoms with E-state index in [1.54, 1.807) is 12.1 Å². The van der Waals surface area contributed by atoms with E-state index in [0.717, 1.165) is 5.56 Å². The predicted octanol–water partition coefficient (Wildman–Crippen LogP) is 3.31. The molecule has 2 rings (SSSR count). The van der Waals surface area contributed by atoms with Crippen molar-refractivity contribution in [3.05, 3.63) is 28.8 Å². The molecule has 0 aliphatic carbocycles. The zero-order chi connectivity index (χ0) is 13.1. The van der Waals surface area contributed by atoms with Crippen LogP contribution in [0.15, 0.2) is 18.2 Å². The number of halogens is 1. The van der Waals surface area contributed by atoms with Crippen LogP contribution in [0.5, 0.6) is 5.75 Å². The molecule has 1 saturated heterocycles. The van der Waals surface area contributed by atoms with Gasteiger partial charge in [-0.25, -0.2) is 5.01 Å². The molecule has 1 aliphatic heterocycles. The summed E-state index contributed by atoms with van der Waals surface area (Å²) in [5.74, 6) is 0.296. The minimum atomic E-state index is 0.296. The molecular formula is C14H21ClN2O. The second-order valence-electron chi connectivity index (χ2n) is 5.14. The van der Waals surface area contributed by atoms with E-state index in [2.05, 4.69) is 24.3 Å². The number of aromatic hydroxyl groups is 1. The van der Waals surface area contributed by atoms with Crippen molar-refractivity contribution in [1.29, 1.82) is 0 Å². The molecule has 1 aromatic rings. The summed E-state index contributed by atoms with van der Waals surface area (Å²) in [4.78, 5) is 0. The van der Waals surface area contributed by atoms with Gasteiger partial charge < -0.3 is 5.11 Å². The molecule has 1 fully saturated rings. The number of phenolic OH excluding ortho intramolecular Hbond substituents is 1. The van der Waals surface area contributed by atoms with Crippen LogP contribution in [0, 0.1) is 0 Å². The third-order valence-electron chi connectivity index (χ3n) is 3.69. The maximum absolute atomic E-state index is 9.78. The molecule has 0 bridgehead atoms. The van der Waals surface area contributed by atoms with Gasteiger partial charge in [-0.05, 0) is 44.9 Å². The summed E-state index contributed by atoms with van der Waals surface area (Å²) in [7, 11) is 0. The van der Waals surface area contributed by atoms with Gasteiger partial charge in [-0.1, -0.05) is 18.0 Å². The summed E-state index contributed by atoms with van der Waals surface area (Å²) >= 11 is 5.94. The van der Waals surface area contributed by atoms with E-state index < -0.39 is 0 Å². The molecule has 0 spiro atoms. The normalized spacial score (nSPS) is 25.3. The third kappa shape index (κ3) is 3.16. The first-order valence-corrected chi connectivity index (χ1v) is 6.95. The Morgan fingerprint density at radius 1 is 1.33 bits per heavy atom. The van der Waals surface area contributed by atoms with Gasteiger partial charge in [-0.15, -0.1) is 0 Å². The lowest BCUT2D eigenvalue weighted by atomic mass is 10.00. The van der Waals surface area contributed by atoms with Gasteiger partial charge in [0.05, 0.1) is 0 Å². The van der Waals surface area contributed by atoms with E-state index in [9.17, 15) is 5.11 Å². The predicted molar refractivity (Wildman–Crippen MR) is 74.6 cm³/mol. The Labute approximate surface area is 114 Å². The SMILES string of the molecule is CC1CCCC(C)N1NCc1cc(Cl)ccc1O. The third-order valence-corrected chi connectivity index (χ3v) is 3.92. The number of nitrogens with zero attached hydrogens (tertiary/aromatic N) is 1. The fourth-order valence-electron chi connectivity index (χ4n) is 2.61. The molecule has 2 unspecified atom stereocenters. The van der Waals surface area contributed by atoms with Gasteiger partial charge in [-0.2, -0.15) is 0 Å². The summed E-state index contributed by atoms with van der Waals surface area (Å²) in [6, 6.07) is 6.23. The summed E-state index contributed by atoms with van der Waals surface area (Å²) in [6.07, 6.45) is 3.74. The van der Waals surface area contributed by atoms with Crippen molar-refractivity contribution in [2.75, 3.05) is 0 Å². The molecule has 1 aromatic carbocycles. The molecule has 0 radical (unpaired) electrons. The zero-order valence-electron chi connectivity index (χ0n) is 11.0.